The number of amides is 1. The van der Waals surface area contributed by atoms with Crippen molar-refractivity contribution in [1.82, 2.24) is 10.6 Å². The quantitative estimate of drug-likeness (QED) is 0.601. The molecule has 2 aromatic carbocycles. The van der Waals surface area contributed by atoms with Gasteiger partial charge in [-0.2, -0.15) is 0 Å². The Morgan fingerprint density at radius 2 is 1.56 bits per heavy atom. The van der Waals surface area contributed by atoms with Crippen LogP contribution < -0.4 is 10.6 Å². The van der Waals surface area contributed by atoms with Crippen LogP contribution in [0.5, 0.6) is 0 Å². The van der Waals surface area contributed by atoms with E-state index in [9.17, 15) is 9.90 Å². The first kappa shape index (κ1) is 20.9. The van der Waals surface area contributed by atoms with Crippen molar-refractivity contribution < 1.29 is 14.6 Å². The number of benzene rings is 2. The summed E-state index contributed by atoms with van der Waals surface area (Å²) in [5, 5.41) is 16.6. The van der Waals surface area contributed by atoms with Crippen molar-refractivity contribution in [1.29, 1.82) is 0 Å². The normalized spacial score (nSPS) is 13.2. The molecule has 0 spiro atoms. The summed E-state index contributed by atoms with van der Waals surface area (Å²) >= 11 is 0. The van der Waals surface area contributed by atoms with E-state index in [0.717, 1.165) is 17.7 Å². The summed E-state index contributed by atoms with van der Waals surface area (Å²) in [6, 6.07) is 18.9. The Morgan fingerprint density at radius 1 is 0.963 bits per heavy atom. The Morgan fingerprint density at radius 3 is 2.15 bits per heavy atom. The molecule has 0 aliphatic carbocycles. The van der Waals surface area contributed by atoms with Gasteiger partial charge in [0.05, 0.1) is 12.1 Å². The summed E-state index contributed by atoms with van der Waals surface area (Å²) in [6.45, 7) is 5.65. The number of carbonyl (C=O) groups is 1. The molecule has 2 rings (SSSR count). The molecule has 0 radical (unpaired) electrons. The van der Waals surface area contributed by atoms with Crippen LogP contribution in [-0.2, 0) is 17.8 Å². The van der Waals surface area contributed by atoms with E-state index in [0.29, 0.717) is 18.9 Å². The lowest BCUT2D eigenvalue weighted by Gasteiger charge is -2.25. The smallest absolute Gasteiger partial charge is 0.407 e. The SMILES string of the molecule is CC(C)CNC[C@@H](O)[C@@H](Cc1ccccc1)NC(=O)OCc1ccccc1. The largest absolute Gasteiger partial charge is 0.445 e. The van der Waals surface area contributed by atoms with E-state index >= 15 is 0 Å². The van der Waals surface area contributed by atoms with Gasteiger partial charge in [-0.3, -0.25) is 0 Å². The number of alkyl carbamates (subject to hydrolysis) is 1. The Balaban J connectivity index is 1.92. The molecular weight excluding hydrogens is 340 g/mol. The van der Waals surface area contributed by atoms with Crippen LogP contribution in [0.15, 0.2) is 60.7 Å². The third kappa shape index (κ3) is 8.24. The summed E-state index contributed by atoms with van der Waals surface area (Å²) in [5.74, 6) is 0.494. The van der Waals surface area contributed by atoms with Gasteiger partial charge in [0.2, 0.25) is 0 Å². The first-order valence-corrected chi connectivity index (χ1v) is 9.44. The number of rotatable bonds is 10. The van der Waals surface area contributed by atoms with Crippen molar-refractivity contribution in [2.45, 2.75) is 39.0 Å². The van der Waals surface area contributed by atoms with E-state index in [2.05, 4.69) is 24.5 Å². The molecule has 146 valence electrons. The van der Waals surface area contributed by atoms with Crippen LogP contribution in [0.25, 0.3) is 0 Å². The summed E-state index contributed by atoms with van der Waals surface area (Å²) in [5.41, 5.74) is 1.97. The van der Waals surface area contributed by atoms with Crippen molar-refractivity contribution in [3.05, 3.63) is 71.8 Å². The molecule has 3 N–H and O–H groups in total. The number of nitrogens with one attached hydrogen (secondary N) is 2. The minimum atomic E-state index is -0.715. The summed E-state index contributed by atoms with van der Waals surface area (Å²) in [7, 11) is 0. The Hall–Kier alpha value is -2.37. The van der Waals surface area contributed by atoms with Crippen molar-refractivity contribution in [3.63, 3.8) is 0 Å². The van der Waals surface area contributed by atoms with Gasteiger partial charge in [-0.15, -0.1) is 0 Å². The molecule has 0 saturated carbocycles. The fraction of sp³-hybridized carbons (Fsp3) is 0.409. The maximum absolute atomic E-state index is 12.2. The Kier molecular flexibility index (Phi) is 8.81. The zero-order valence-corrected chi connectivity index (χ0v) is 16.1. The minimum Gasteiger partial charge on any atom is -0.445 e. The van der Waals surface area contributed by atoms with Crippen LogP contribution in [-0.4, -0.2) is 36.4 Å². The van der Waals surface area contributed by atoms with Crippen molar-refractivity contribution in [3.8, 4) is 0 Å². The van der Waals surface area contributed by atoms with Gasteiger partial charge < -0.3 is 20.5 Å². The molecule has 0 unspecified atom stereocenters. The molecule has 0 aliphatic heterocycles. The second-order valence-electron chi connectivity index (χ2n) is 7.12. The molecule has 2 atom stereocenters. The van der Waals surface area contributed by atoms with Crippen LogP contribution >= 0.6 is 0 Å². The summed E-state index contributed by atoms with van der Waals surface area (Å²) in [6.07, 6.45) is -0.706. The lowest BCUT2D eigenvalue weighted by molar-refractivity contribution is 0.100. The van der Waals surface area contributed by atoms with Gasteiger partial charge in [0.25, 0.3) is 0 Å². The highest BCUT2D eigenvalue weighted by molar-refractivity contribution is 5.67. The first-order chi connectivity index (χ1) is 13.0. The Bertz CT molecular complexity index is 662. The number of carbonyl (C=O) groups excluding carboxylic acids is 1. The van der Waals surface area contributed by atoms with Gasteiger partial charge in [-0.25, -0.2) is 4.79 Å². The van der Waals surface area contributed by atoms with Crippen LogP contribution in [0.4, 0.5) is 4.79 Å². The lowest BCUT2D eigenvalue weighted by atomic mass is 10.0. The Labute approximate surface area is 161 Å². The van der Waals surface area contributed by atoms with E-state index in [1.54, 1.807) is 0 Å². The molecule has 0 aromatic heterocycles. The molecule has 5 heteroatoms. The average molecular weight is 370 g/mol. The van der Waals surface area contributed by atoms with E-state index in [-0.39, 0.29) is 6.61 Å². The highest BCUT2D eigenvalue weighted by Gasteiger charge is 2.22. The number of hydrogen-bond acceptors (Lipinski definition) is 4. The molecule has 0 bridgehead atoms. The molecular formula is C22H30N2O3. The molecule has 1 amide bonds. The van der Waals surface area contributed by atoms with Gasteiger partial charge >= 0.3 is 6.09 Å². The topological polar surface area (TPSA) is 70.6 Å². The van der Waals surface area contributed by atoms with Gasteiger partial charge in [-0.05, 0) is 30.0 Å². The summed E-state index contributed by atoms with van der Waals surface area (Å²) < 4.78 is 5.31. The molecule has 27 heavy (non-hydrogen) atoms. The average Bonchev–Trinajstić information content (AvgIpc) is 2.67. The van der Waals surface area contributed by atoms with Crippen LogP contribution in [0.1, 0.15) is 25.0 Å². The van der Waals surface area contributed by atoms with Crippen LogP contribution in [0.2, 0.25) is 0 Å². The highest BCUT2D eigenvalue weighted by Crippen LogP contribution is 2.08. The number of ether oxygens (including phenoxy) is 1. The third-order valence-corrected chi connectivity index (χ3v) is 4.18. The first-order valence-electron chi connectivity index (χ1n) is 9.44. The van der Waals surface area contributed by atoms with Gasteiger partial charge in [-0.1, -0.05) is 74.5 Å². The van der Waals surface area contributed by atoms with Crippen molar-refractivity contribution in [2.75, 3.05) is 13.1 Å². The van der Waals surface area contributed by atoms with Crippen LogP contribution in [0.3, 0.4) is 0 Å². The molecule has 0 fully saturated rings. The second kappa shape index (κ2) is 11.4. The monoisotopic (exact) mass is 370 g/mol. The molecule has 5 nitrogen and oxygen atoms in total. The third-order valence-electron chi connectivity index (χ3n) is 4.18. The van der Waals surface area contributed by atoms with E-state index in [4.69, 9.17) is 4.74 Å². The second-order valence-corrected chi connectivity index (χ2v) is 7.12. The van der Waals surface area contributed by atoms with Crippen molar-refractivity contribution in [2.24, 2.45) is 5.92 Å². The number of hydrogen-bond donors (Lipinski definition) is 3. The maximum Gasteiger partial charge on any atom is 0.407 e. The summed E-state index contributed by atoms with van der Waals surface area (Å²) in [4.78, 5) is 12.2. The zero-order chi connectivity index (χ0) is 19.5. The lowest BCUT2D eigenvalue weighted by Crippen LogP contribution is -2.49. The number of aliphatic hydroxyl groups excluding tert-OH is 1. The minimum absolute atomic E-state index is 0.201. The van der Waals surface area contributed by atoms with E-state index < -0.39 is 18.2 Å². The van der Waals surface area contributed by atoms with E-state index in [1.807, 2.05) is 60.7 Å². The molecule has 2 aromatic rings. The van der Waals surface area contributed by atoms with Crippen molar-refractivity contribution >= 4 is 6.09 Å². The highest BCUT2D eigenvalue weighted by atomic mass is 16.5. The van der Waals surface area contributed by atoms with Crippen LogP contribution in [0, 0.1) is 5.92 Å². The zero-order valence-electron chi connectivity index (χ0n) is 16.1. The fourth-order valence-electron chi connectivity index (χ4n) is 2.73. The maximum atomic E-state index is 12.2. The predicted molar refractivity (Wildman–Crippen MR) is 107 cm³/mol. The van der Waals surface area contributed by atoms with Gasteiger partial charge in [0.1, 0.15) is 6.61 Å². The fourth-order valence-corrected chi connectivity index (χ4v) is 2.73. The molecule has 0 heterocycles. The van der Waals surface area contributed by atoms with E-state index in [1.165, 1.54) is 0 Å². The molecule has 0 saturated heterocycles. The van der Waals surface area contributed by atoms with Gasteiger partial charge in [0, 0.05) is 6.54 Å². The number of aliphatic hydroxyl groups is 1. The standard InChI is InChI=1S/C22H30N2O3/c1-17(2)14-23-15-21(25)20(13-18-9-5-3-6-10-18)24-22(26)27-16-19-11-7-4-8-12-19/h3-12,17,20-21,23,25H,13-16H2,1-2H3,(H,24,26)/t20-,21-/m1/s1. The molecule has 0 aliphatic rings. The van der Waals surface area contributed by atoms with Gasteiger partial charge in [0.15, 0.2) is 0 Å². The predicted octanol–water partition coefficient (Wildman–Crippen LogP) is 3.13.